The number of rotatable bonds is 2. The third-order valence-electron chi connectivity index (χ3n) is 3.39. The number of esters is 1. The van der Waals surface area contributed by atoms with Crippen molar-refractivity contribution >= 4 is 44.9 Å². The highest BCUT2D eigenvalue weighted by Gasteiger charge is 2.26. The quantitative estimate of drug-likeness (QED) is 0.651. The molecule has 0 saturated carbocycles. The summed E-state index contributed by atoms with van der Waals surface area (Å²) in [5, 5.41) is 3.92. The molecule has 20 heavy (non-hydrogen) atoms. The Balaban J connectivity index is 1.87. The van der Waals surface area contributed by atoms with Gasteiger partial charge in [0.2, 0.25) is 0 Å². The van der Waals surface area contributed by atoms with Gasteiger partial charge >= 0.3 is 5.97 Å². The molecule has 0 radical (unpaired) electrons. The van der Waals surface area contributed by atoms with E-state index in [0.29, 0.717) is 5.11 Å². The zero-order valence-electron chi connectivity index (χ0n) is 11.3. The molecule has 1 aromatic rings. The molecule has 6 heteroatoms. The Morgan fingerprint density at radius 1 is 1.45 bits per heavy atom. The molecule has 0 spiro atoms. The van der Waals surface area contributed by atoms with E-state index in [2.05, 4.69) is 26.1 Å². The molecule has 0 atom stereocenters. The summed E-state index contributed by atoms with van der Waals surface area (Å²) in [5.74, 6) is -0.111. The minimum atomic E-state index is -0.115. The minimum Gasteiger partial charge on any atom is -0.469 e. The van der Waals surface area contributed by atoms with Gasteiger partial charge in [0, 0.05) is 23.2 Å². The van der Waals surface area contributed by atoms with Crippen LogP contribution in [0.25, 0.3) is 0 Å². The predicted octanol–water partition coefficient (Wildman–Crippen LogP) is 3.03. The molecule has 0 amide bonds. The number of hydrogen-bond acceptors (Lipinski definition) is 3. The van der Waals surface area contributed by atoms with Crippen molar-refractivity contribution < 1.29 is 9.53 Å². The number of carbonyl (C=O) groups is 1. The van der Waals surface area contributed by atoms with Crippen molar-refractivity contribution in [3.63, 3.8) is 0 Å². The molecule has 1 heterocycles. The Hall–Kier alpha value is -1.14. The summed E-state index contributed by atoms with van der Waals surface area (Å²) < 4.78 is 5.79. The highest BCUT2D eigenvalue weighted by atomic mass is 79.9. The van der Waals surface area contributed by atoms with Crippen molar-refractivity contribution in [1.82, 2.24) is 4.90 Å². The zero-order valence-corrected chi connectivity index (χ0v) is 13.7. The van der Waals surface area contributed by atoms with E-state index in [0.717, 1.165) is 36.1 Å². The normalized spacial score (nSPS) is 15.8. The molecular formula is C14H17BrN2O2S. The number of hydrogen-bond donors (Lipinski definition) is 1. The van der Waals surface area contributed by atoms with Crippen molar-refractivity contribution in [2.75, 3.05) is 25.5 Å². The number of likely N-dealkylation sites (tertiary alicyclic amines) is 1. The summed E-state index contributed by atoms with van der Waals surface area (Å²) in [6.45, 7) is 1.55. The lowest BCUT2D eigenvalue weighted by Gasteiger charge is -2.32. The van der Waals surface area contributed by atoms with Gasteiger partial charge < -0.3 is 15.0 Å². The summed E-state index contributed by atoms with van der Waals surface area (Å²) in [4.78, 5) is 13.6. The maximum atomic E-state index is 11.5. The van der Waals surface area contributed by atoms with E-state index in [9.17, 15) is 4.79 Å². The van der Waals surface area contributed by atoms with Crippen LogP contribution in [0.4, 0.5) is 5.69 Å². The number of benzene rings is 1. The average Bonchev–Trinajstić information content (AvgIpc) is 2.46. The number of nitrogens with zero attached hydrogens (tertiary/aromatic N) is 1. The minimum absolute atomic E-state index is 0.00456. The molecule has 1 aliphatic heterocycles. The molecule has 1 fully saturated rings. The standard InChI is InChI=1S/C14H17BrN2O2S/c1-19-13(18)10-5-7-17(8-6-10)14(20)16-12-4-2-3-11(15)9-12/h2-4,9-10H,5-8H2,1H3,(H,16,20). The van der Waals surface area contributed by atoms with Gasteiger partial charge in [-0.1, -0.05) is 22.0 Å². The number of piperidine rings is 1. The van der Waals surface area contributed by atoms with Crippen LogP contribution in [0, 0.1) is 5.92 Å². The van der Waals surface area contributed by atoms with E-state index in [4.69, 9.17) is 17.0 Å². The molecule has 1 saturated heterocycles. The Bertz CT molecular complexity index is 502. The van der Waals surface area contributed by atoms with Crippen LogP contribution in [-0.4, -0.2) is 36.2 Å². The number of methoxy groups -OCH3 is 1. The van der Waals surface area contributed by atoms with Crippen LogP contribution in [0.1, 0.15) is 12.8 Å². The van der Waals surface area contributed by atoms with Gasteiger partial charge in [-0.05, 0) is 43.3 Å². The van der Waals surface area contributed by atoms with Gasteiger partial charge in [0.25, 0.3) is 0 Å². The molecule has 0 unspecified atom stereocenters. The maximum absolute atomic E-state index is 11.5. The van der Waals surface area contributed by atoms with Crippen LogP contribution in [0.5, 0.6) is 0 Å². The highest BCUT2D eigenvalue weighted by Crippen LogP contribution is 2.20. The van der Waals surface area contributed by atoms with Crippen LogP contribution in [-0.2, 0) is 9.53 Å². The molecular weight excluding hydrogens is 340 g/mol. The first-order chi connectivity index (χ1) is 9.60. The number of nitrogens with one attached hydrogen (secondary N) is 1. The van der Waals surface area contributed by atoms with Gasteiger partial charge in [-0.2, -0.15) is 0 Å². The largest absolute Gasteiger partial charge is 0.469 e. The van der Waals surface area contributed by atoms with E-state index in [1.807, 2.05) is 24.3 Å². The van der Waals surface area contributed by atoms with Gasteiger partial charge in [0.1, 0.15) is 0 Å². The third kappa shape index (κ3) is 3.93. The second kappa shape index (κ2) is 7.04. The fourth-order valence-corrected chi connectivity index (χ4v) is 2.95. The van der Waals surface area contributed by atoms with E-state index < -0.39 is 0 Å². The van der Waals surface area contributed by atoms with Crippen molar-refractivity contribution in [2.24, 2.45) is 5.92 Å². The molecule has 2 rings (SSSR count). The number of anilines is 1. The van der Waals surface area contributed by atoms with Gasteiger partial charge in [0.15, 0.2) is 5.11 Å². The van der Waals surface area contributed by atoms with Gasteiger partial charge in [-0.3, -0.25) is 4.79 Å². The average molecular weight is 357 g/mol. The third-order valence-corrected chi connectivity index (χ3v) is 4.25. The summed E-state index contributed by atoms with van der Waals surface area (Å²) in [5.41, 5.74) is 0.958. The van der Waals surface area contributed by atoms with Crippen molar-refractivity contribution in [3.05, 3.63) is 28.7 Å². The summed E-state index contributed by atoms with van der Waals surface area (Å²) in [6, 6.07) is 7.88. The molecule has 1 N–H and O–H groups in total. The lowest BCUT2D eigenvalue weighted by Crippen LogP contribution is -2.42. The lowest BCUT2D eigenvalue weighted by molar-refractivity contribution is -0.146. The number of ether oxygens (including phenoxy) is 1. The van der Waals surface area contributed by atoms with Crippen molar-refractivity contribution in [1.29, 1.82) is 0 Å². The van der Waals surface area contributed by atoms with Crippen LogP contribution < -0.4 is 5.32 Å². The smallest absolute Gasteiger partial charge is 0.308 e. The van der Waals surface area contributed by atoms with Gasteiger partial charge in [-0.15, -0.1) is 0 Å². The molecule has 0 aliphatic carbocycles. The van der Waals surface area contributed by atoms with E-state index in [1.165, 1.54) is 7.11 Å². The second-order valence-electron chi connectivity index (χ2n) is 4.72. The molecule has 0 bridgehead atoms. The Morgan fingerprint density at radius 3 is 2.75 bits per heavy atom. The van der Waals surface area contributed by atoms with E-state index in [1.54, 1.807) is 0 Å². The maximum Gasteiger partial charge on any atom is 0.308 e. The summed E-state index contributed by atoms with van der Waals surface area (Å²) in [6.07, 6.45) is 1.57. The zero-order chi connectivity index (χ0) is 14.5. The fraction of sp³-hybridized carbons (Fsp3) is 0.429. The first-order valence-corrected chi connectivity index (χ1v) is 7.69. The summed E-state index contributed by atoms with van der Waals surface area (Å²) in [7, 11) is 1.44. The second-order valence-corrected chi connectivity index (χ2v) is 6.03. The Labute approximate surface area is 132 Å². The SMILES string of the molecule is COC(=O)C1CCN(C(=S)Nc2cccc(Br)c2)CC1. The van der Waals surface area contributed by atoms with Crippen LogP contribution >= 0.6 is 28.1 Å². The Kier molecular flexibility index (Phi) is 5.37. The van der Waals surface area contributed by atoms with Gasteiger partial charge in [-0.25, -0.2) is 0 Å². The lowest BCUT2D eigenvalue weighted by atomic mass is 9.97. The predicted molar refractivity (Wildman–Crippen MR) is 86.7 cm³/mol. The molecule has 0 aromatic heterocycles. The first-order valence-electron chi connectivity index (χ1n) is 6.49. The van der Waals surface area contributed by atoms with Crippen molar-refractivity contribution in [3.8, 4) is 0 Å². The van der Waals surface area contributed by atoms with Crippen molar-refractivity contribution in [2.45, 2.75) is 12.8 Å². The summed E-state index contributed by atoms with van der Waals surface area (Å²) >= 11 is 8.85. The van der Waals surface area contributed by atoms with Crippen LogP contribution in [0.3, 0.4) is 0 Å². The van der Waals surface area contributed by atoms with Crippen LogP contribution in [0.2, 0.25) is 0 Å². The number of halogens is 1. The highest BCUT2D eigenvalue weighted by molar-refractivity contribution is 9.10. The fourth-order valence-electron chi connectivity index (χ4n) is 2.25. The van der Waals surface area contributed by atoms with E-state index in [-0.39, 0.29) is 11.9 Å². The molecule has 4 nitrogen and oxygen atoms in total. The molecule has 108 valence electrons. The van der Waals surface area contributed by atoms with Gasteiger partial charge in [0.05, 0.1) is 13.0 Å². The monoisotopic (exact) mass is 356 g/mol. The number of carbonyl (C=O) groups excluding carboxylic acids is 1. The Morgan fingerprint density at radius 2 is 2.15 bits per heavy atom. The van der Waals surface area contributed by atoms with Crippen LogP contribution in [0.15, 0.2) is 28.7 Å². The molecule has 1 aromatic carbocycles. The topological polar surface area (TPSA) is 41.6 Å². The first kappa shape index (κ1) is 15.3. The van der Waals surface area contributed by atoms with E-state index >= 15 is 0 Å². The molecule has 1 aliphatic rings. The number of thiocarbonyl (C=S) groups is 1.